The predicted octanol–water partition coefficient (Wildman–Crippen LogP) is 7.99. The molecule has 5 nitrogen and oxygen atoms in total. The first-order valence-corrected chi connectivity index (χ1v) is 13.7. The number of hydrogen-bond donors (Lipinski definition) is 1. The van der Waals surface area contributed by atoms with Crippen LogP contribution in [0.15, 0.2) is 97.1 Å². The van der Waals surface area contributed by atoms with Crippen molar-refractivity contribution in [2.75, 3.05) is 19.6 Å². The molecule has 39 heavy (non-hydrogen) atoms. The molecule has 2 atom stereocenters. The summed E-state index contributed by atoms with van der Waals surface area (Å²) in [6, 6.07) is 28.6. The summed E-state index contributed by atoms with van der Waals surface area (Å²) in [4.78, 5) is 16.0. The Labute approximate surface area is 238 Å². The van der Waals surface area contributed by atoms with Gasteiger partial charge >= 0.3 is 0 Å². The van der Waals surface area contributed by atoms with Gasteiger partial charge in [-0.05, 0) is 103 Å². The highest BCUT2D eigenvalue weighted by Gasteiger charge is 2.46. The highest BCUT2D eigenvalue weighted by molar-refractivity contribution is 6.30. The fourth-order valence-corrected chi connectivity index (χ4v) is 5.17. The van der Waals surface area contributed by atoms with Crippen LogP contribution in [0.25, 0.3) is 0 Å². The largest absolute Gasteiger partial charge is 0.457 e. The average molecular weight is 562 g/mol. The van der Waals surface area contributed by atoms with E-state index >= 15 is 0 Å². The molecule has 0 saturated carbocycles. The Balaban J connectivity index is 1.35. The first kappa shape index (κ1) is 27.2. The molecular formula is C32H29Cl2NO4. The molecule has 1 heterocycles. The molecular weight excluding hydrogens is 533 g/mol. The number of likely N-dealkylation sites (tertiary alicyclic amines) is 1. The number of carbonyl (C=O) groups excluding carboxylic acids is 1. The van der Waals surface area contributed by atoms with Gasteiger partial charge in [0.1, 0.15) is 28.6 Å². The molecule has 1 fully saturated rings. The molecule has 2 unspecified atom stereocenters. The maximum atomic E-state index is 13.8. The molecule has 0 amide bonds. The lowest BCUT2D eigenvalue weighted by Crippen LogP contribution is -2.53. The van der Waals surface area contributed by atoms with Gasteiger partial charge in [0.2, 0.25) is 0 Å². The number of benzene rings is 4. The van der Waals surface area contributed by atoms with Crippen molar-refractivity contribution in [1.29, 1.82) is 0 Å². The first-order valence-electron chi connectivity index (χ1n) is 12.9. The van der Waals surface area contributed by atoms with Gasteiger partial charge in [0.25, 0.3) is 0 Å². The van der Waals surface area contributed by atoms with Gasteiger partial charge in [0.15, 0.2) is 5.78 Å². The lowest BCUT2D eigenvalue weighted by Gasteiger charge is -2.44. The molecule has 0 radical (unpaired) electrons. The molecule has 4 aromatic carbocycles. The van der Waals surface area contributed by atoms with Gasteiger partial charge in [0.05, 0.1) is 5.92 Å². The van der Waals surface area contributed by atoms with Gasteiger partial charge in [-0.1, -0.05) is 42.3 Å². The number of ether oxygens (including phenoxy) is 2. The minimum atomic E-state index is -1.31. The summed E-state index contributed by atoms with van der Waals surface area (Å²) in [6.07, 6.45) is 0.451. The zero-order valence-electron chi connectivity index (χ0n) is 21.5. The normalized spacial score (nSPS) is 19.4. The molecule has 4 aromatic rings. The van der Waals surface area contributed by atoms with Crippen molar-refractivity contribution in [2.45, 2.75) is 18.9 Å². The fourth-order valence-electron chi connectivity index (χ4n) is 4.91. The third kappa shape index (κ3) is 6.29. The van der Waals surface area contributed by atoms with Crippen molar-refractivity contribution >= 4 is 29.0 Å². The molecule has 7 heteroatoms. The SMILES string of the molecule is CCN1CCC(O)(c2ccc(Oc3ccc(Cl)cc3)cc2)C(C(=O)c2ccc(Oc3ccc(Cl)cc3)cc2)C1. The number of piperidine rings is 1. The van der Waals surface area contributed by atoms with Crippen molar-refractivity contribution in [3.05, 3.63) is 118 Å². The van der Waals surface area contributed by atoms with Crippen LogP contribution in [0.2, 0.25) is 10.0 Å². The van der Waals surface area contributed by atoms with Gasteiger partial charge in [-0.3, -0.25) is 4.79 Å². The van der Waals surface area contributed by atoms with E-state index in [1.54, 1.807) is 72.8 Å². The Morgan fingerprint density at radius 3 is 1.69 bits per heavy atom. The molecule has 1 aliphatic rings. The van der Waals surface area contributed by atoms with E-state index < -0.39 is 11.5 Å². The third-order valence-electron chi connectivity index (χ3n) is 7.18. The number of halogens is 2. The fraction of sp³-hybridized carbons (Fsp3) is 0.219. The highest BCUT2D eigenvalue weighted by atomic mass is 35.5. The molecule has 0 spiro atoms. The van der Waals surface area contributed by atoms with E-state index in [0.717, 1.165) is 6.54 Å². The first-order chi connectivity index (χ1) is 18.8. The lowest BCUT2D eigenvalue weighted by molar-refractivity contribution is -0.0632. The number of nitrogens with zero attached hydrogens (tertiary/aromatic N) is 1. The van der Waals surface area contributed by atoms with Crippen LogP contribution in [0.5, 0.6) is 23.0 Å². The van der Waals surface area contributed by atoms with E-state index in [2.05, 4.69) is 11.8 Å². The van der Waals surface area contributed by atoms with Crippen LogP contribution in [-0.4, -0.2) is 35.4 Å². The van der Waals surface area contributed by atoms with Crippen LogP contribution in [0.4, 0.5) is 0 Å². The summed E-state index contributed by atoms with van der Waals surface area (Å²) in [5, 5.41) is 13.3. The van der Waals surface area contributed by atoms with E-state index in [1.165, 1.54) is 0 Å². The van der Waals surface area contributed by atoms with Gasteiger partial charge in [0, 0.05) is 28.7 Å². The topological polar surface area (TPSA) is 59.0 Å². The van der Waals surface area contributed by atoms with E-state index in [0.29, 0.717) is 63.7 Å². The lowest BCUT2D eigenvalue weighted by atomic mass is 9.72. The predicted molar refractivity (Wildman–Crippen MR) is 154 cm³/mol. The van der Waals surface area contributed by atoms with Crippen molar-refractivity contribution in [2.24, 2.45) is 5.92 Å². The number of Topliss-reactive ketones (excluding diaryl/α,β-unsaturated/α-hetero) is 1. The number of aliphatic hydroxyl groups is 1. The second kappa shape index (κ2) is 11.8. The number of ketones is 1. The Morgan fingerprint density at radius 2 is 1.23 bits per heavy atom. The highest BCUT2D eigenvalue weighted by Crippen LogP contribution is 2.40. The van der Waals surface area contributed by atoms with Gasteiger partial charge in [-0.2, -0.15) is 0 Å². The summed E-state index contributed by atoms with van der Waals surface area (Å²) >= 11 is 11.9. The third-order valence-corrected chi connectivity index (χ3v) is 7.69. The minimum Gasteiger partial charge on any atom is -0.457 e. The second-order valence-corrected chi connectivity index (χ2v) is 10.5. The standard InChI is InChI=1S/C32H29Cl2NO4/c1-2-35-20-19-32(37,23-5-13-27(14-6-23)39-29-17-9-25(34)10-18-29)30(21-35)31(36)22-3-11-26(12-4-22)38-28-15-7-24(33)8-16-28/h3-18,30,37H,2,19-21H2,1H3. The molecule has 200 valence electrons. The Morgan fingerprint density at radius 1 is 0.795 bits per heavy atom. The summed E-state index contributed by atoms with van der Waals surface area (Å²) in [7, 11) is 0. The Bertz CT molecular complexity index is 1410. The van der Waals surface area contributed by atoms with Crippen LogP contribution in [-0.2, 0) is 5.60 Å². The maximum Gasteiger partial charge on any atom is 0.170 e. The molecule has 5 rings (SSSR count). The maximum absolute atomic E-state index is 13.8. The average Bonchev–Trinajstić information content (AvgIpc) is 2.96. The van der Waals surface area contributed by atoms with Crippen LogP contribution in [0, 0.1) is 5.92 Å². The number of rotatable bonds is 8. The summed E-state index contributed by atoms with van der Waals surface area (Å²) in [5.41, 5.74) is -0.0784. The van der Waals surface area contributed by atoms with E-state index in [1.807, 2.05) is 24.3 Å². The zero-order chi connectivity index (χ0) is 27.4. The van der Waals surface area contributed by atoms with E-state index in [4.69, 9.17) is 32.7 Å². The molecule has 1 saturated heterocycles. The second-order valence-electron chi connectivity index (χ2n) is 9.65. The van der Waals surface area contributed by atoms with Crippen LogP contribution in [0.1, 0.15) is 29.3 Å². The molecule has 0 aliphatic carbocycles. The van der Waals surface area contributed by atoms with Crippen LogP contribution >= 0.6 is 23.2 Å². The monoisotopic (exact) mass is 561 g/mol. The Hall–Kier alpha value is -3.35. The quantitative estimate of drug-likeness (QED) is 0.221. The van der Waals surface area contributed by atoms with Gasteiger partial charge < -0.3 is 19.5 Å². The van der Waals surface area contributed by atoms with Gasteiger partial charge in [-0.15, -0.1) is 0 Å². The van der Waals surface area contributed by atoms with E-state index in [9.17, 15) is 9.90 Å². The summed E-state index contributed by atoms with van der Waals surface area (Å²) < 4.78 is 11.8. The van der Waals surface area contributed by atoms with Gasteiger partial charge in [-0.25, -0.2) is 0 Å². The van der Waals surface area contributed by atoms with Crippen molar-refractivity contribution in [1.82, 2.24) is 4.90 Å². The number of hydrogen-bond acceptors (Lipinski definition) is 5. The molecule has 1 aliphatic heterocycles. The Kier molecular flexibility index (Phi) is 8.24. The summed E-state index contributed by atoms with van der Waals surface area (Å²) in [5.74, 6) is 1.84. The van der Waals surface area contributed by atoms with Crippen LogP contribution < -0.4 is 9.47 Å². The van der Waals surface area contributed by atoms with Crippen LogP contribution in [0.3, 0.4) is 0 Å². The smallest absolute Gasteiger partial charge is 0.170 e. The van der Waals surface area contributed by atoms with Crippen molar-refractivity contribution in [3.8, 4) is 23.0 Å². The van der Waals surface area contributed by atoms with E-state index in [-0.39, 0.29) is 5.78 Å². The zero-order valence-corrected chi connectivity index (χ0v) is 23.0. The molecule has 0 bridgehead atoms. The molecule has 0 aromatic heterocycles. The van der Waals surface area contributed by atoms with Crippen molar-refractivity contribution in [3.63, 3.8) is 0 Å². The molecule has 1 N–H and O–H groups in total. The van der Waals surface area contributed by atoms with Crippen molar-refractivity contribution < 1.29 is 19.4 Å². The summed E-state index contributed by atoms with van der Waals surface area (Å²) in [6.45, 7) is 4.05. The number of carbonyl (C=O) groups is 1. The minimum absolute atomic E-state index is 0.102.